The van der Waals surface area contributed by atoms with E-state index in [9.17, 15) is 4.79 Å². The first-order chi connectivity index (χ1) is 8.63. The minimum Gasteiger partial charge on any atom is -0.466 e. The minimum absolute atomic E-state index is 0.123. The van der Waals surface area contributed by atoms with E-state index in [4.69, 9.17) is 16.3 Å². The van der Waals surface area contributed by atoms with Gasteiger partial charge in [-0.05, 0) is 50.1 Å². The third-order valence-corrected chi connectivity index (χ3v) is 2.89. The second kappa shape index (κ2) is 8.11. The fourth-order valence-corrected chi connectivity index (χ4v) is 1.90. The fourth-order valence-electron chi connectivity index (χ4n) is 1.67. The van der Waals surface area contributed by atoms with Crippen molar-refractivity contribution in [1.29, 1.82) is 0 Å². The van der Waals surface area contributed by atoms with Crippen molar-refractivity contribution in [3.63, 3.8) is 0 Å². The number of nitrogens with one attached hydrogen (secondary N) is 1. The third-order valence-electron chi connectivity index (χ3n) is 2.66. The van der Waals surface area contributed by atoms with Crippen molar-refractivity contribution in [3.8, 4) is 0 Å². The summed E-state index contributed by atoms with van der Waals surface area (Å²) >= 11 is 5.89. The highest BCUT2D eigenvalue weighted by molar-refractivity contribution is 6.30. The van der Waals surface area contributed by atoms with Gasteiger partial charge < -0.3 is 10.1 Å². The molecule has 1 rings (SSSR count). The van der Waals surface area contributed by atoms with Crippen LogP contribution in [0.2, 0.25) is 5.02 Å². The molecule has 0 aromatic heterocycles. The summed E-state index contributed by atoms with van der Waals surface area (Å²) in [6, 6.07) is 5.87. The first kappa shape index (κ1) is 15.0. The average Bonchev–Trinajstić information content (AvgIpc) is 2.31. The van der Waals surface area contributed by atoms with E-state index in [-0.39, 0.29) is 5.97 Å². The molecule has 1 N–H and O–H groups in total. The van der Waals surface area contributed by atoms with E-state index in [2.05, 4.69) is 5.32 Å². The van der Waals surface area contributed by atoms with Crippen molar-refractivity contribution in [3.05, 3.63) is 34.3 Å². The molecule has 0 bridgehead atoms. The topological polar surface area (TPSA) is 38.3 Å². The van der Waals surface area contributed by atoms with Crippen molar-refractivity contribution in [2.75, 3.05) is 13.2 Å². The zero-order chi connectivity index (χ0) is 13.4. The number of carbonyl (C=O) groups excluding carboxylic acids is 1. The van der Waals surface area contributed by atoms with Gasteiger partial charge in [0, 0.05) is 18.0 Å². The van der Waals surface area contributed by atoms with Gasteiger partial charge in [0.25, 0.3) is 0 Å². The van der Waals surface area contributed by atoms with Crippen LogP contribution in [0.4, 0.5) is 0 Å². The van der Waals surface area contributed by atoms with Crippen LogP contribution in [0.1, 0.15) is 30.9 Å². The molecule has 0 atom stereocenters. The van der Waals surface area contributed by atoms with E-state index < -0.39 is 0 Å². The number of aryl methyl sites for hydroxylation is 1. The van der Waals surface area contributed by atoms with Crippen molar-refractivity contribution in [1.82, 2.24) is 5.32 Å². The van der Waals surface area contributed by atoms with Crippen molar-refractivity contribution in [2.45, 2.75) is 33.2 Å². The van der Waals surface area contributed by atoms with E-state index in [0.29, 0.717) is 13.0 Å². The van der Waals surface area contributed by atoms with Crippen LogP contribution in [0.25, 0.3) is 0 Å². The van der Waals surface area contributed by atoms with E-state index in [1.807, 2.05) is 32.0 Å². The summed E-state index contributed by atoms with van der Waals surface area (Å²) in [6.07, 6.45) is 1.27. The maximum absolute atomic E-state index is 11.1. The van der Waals surface area contributed by atoms with Gasteiger partial charge in [-0.3, -0.25) is 4.79 Å². The Kier molecular flexibility index (Phi) is 6.76. The fraction of sp³-hybridized carbons (Fsp3) is 0.500. The van der Waals surface area contributed by atoms with Gasteiger partial charge in [0.1, 0.15) is 0 Å². The molecule has 0 unspecified atom stereocenters. The highest BCUT2D eigenvalue weighted by Crippen LogP contribution is 2.14. The molecule has 1 aromatic carbocycles. The monoisotopic (exact) mass is 269 g/mol. The molecule has 0 fully saturated rings. The molecule has 4 heteroatoms. The molecule has 0 radical (unpaired) electrons. The molecule has 0 amide bonds. The Labute approximate surface area is 113 Å². The number of carbonyl (C=O) groups is 1. The van der Waals surface area contributed by atoms with Crippen LogP contribution in [0.15, 0.2) is 18.2 Å². The Bertz CT molecular complexity index is 393. The van der Waals surface area contributed by atoms with Crippen LogP contribution in [0, 0.1) is 6.92 Å². The summed E-state index contributed by atoms with van der Waals surface area (Å²) in [7, 11) is 0. The number of rotatable bonds is 7. The number of hydrogen-bond acceptors (Lipinski definition) is 3. The molecular formula is C14H20ClNO2. The SMILES string of the molecule is CCOC(=O)CCCNCc1ccc(Cl)cc1C. The Morgan fingerprint density at radius 2 is 2.22 bits per heavy atom. The van der Waals surface area contributed by atoms with Crippen LogP contribution < -0.4 is 5.32 Å². The molecule has 0 aliphatic rings. The quantitative estimate of drug-likeness (QED) is 0.611. The molecule has 0 aliphatic heterocycles. The largest absolute Gasteiger partial charge is 0.466 e. The average molecular weight is 270 g/mol. The molecule has 100 valence electrons. The summed E-state index contributed by atoms with van der Waals surface area (Å²) in [5.74, 6) is -0.123. The highest BCUT2D eigenvalue weighted by atomic mass is 35.5. The van der Waals surface area contributed by atoms with Crippen molar-refractivity contribution >= 4 is 17.6 Å². The summed E-state index contributed by atoms with van der Waals surface area (Å²) in [5, 5.41) is 4.07. The van der Waals surface area contributed by atoms with Gasteiger partial charge in [0.05, 0.1) is 6.61 Å². The lowest BCUT2D eigenvalue weighted by atomic mass is 10.1. The van der Waals surface area contributed by atoms with Crippen LogP contribution >= 0.6 is 11.6 Å². The number of benzene rings is 1. The van der Waals surface area contributed by atoms with Crippen LogP contribution in [0.5, 0.6) is 0 Å². The number of esters is 1. The van der Waals surface area contributed by atoms with Crippen molar-refractivity contribution in [2.24, 2.45) is 0 Å². The Morgan fingerprint density at radius 1 is 1.44 bits per heavy atom. The number of halogens is 1. The zero-order valence-corrected chi connectivity index (χ0v) is 11.7. The molecular weight excluding hydrogens is 250 g/mol. The standard InChI is InChI=1S/C14H20ClNO2/c1-3-18-14(17)5-4-8-16-10-12-6-7-13(15)9-11(12)2/h6-7,9,16H,3-5,8,10H2,1-2H3. The van der Waals surface area contributed by atoms with Crippen LogP contribution in [-0.2, 0) is 16.1 Å². The third kappa shape index (κ3) is 5.52. The van der Waals surface area contributed by atoms with E-state index >= 15 is 0 Å². The molecule has 0 saturated carbocycles. The molecule has 0 heterocycles. The van der Waals surface area contributed by atoms with Crippen LogP contribution in [0.3, 0.4) is 0 Å². The molecule has 0 spiro atoms. The van der Waals surface area contributed by atoms with Crippen LogP contribution in [-0.4, -0.2) is 19.1 Å². The van der Waals surface area contributed by atoms with E-state index in [0.717, 1.165) is 24.5 Å². The molecule has 0 aliphatic carbocycles. The lowest BCUT2D eigenvalue weighted by molar-refractivity contribution is -0.143. The zero-order valence-electron chi connectivity index (χ0n) is 11.0. The highest BCUT2D eigenvalue weighted by Gasteiger charge is 2.01. The maximum atomic E-state index is 11.1. The maximum Gasteiger partial charge on any atom is 0.305 e. The first-order valence-electron chi connectivity index (χ1n) is 6.25. The lowest BCUT2D eigenvalue weighted by Gasteiger charge is -2.08. The first-order valence-corrected chi connectivity index (χ1v) is 6.62. The predicted molar refractivity (Wildman–Crippen MR) is 73.8 cm³/mol. The van der Waals surface area contributed by atoms with Gasteiger partial charge >= 0.3 is 5.97 Å². The molecule has 0 saturated heterocycles. The smallest absolute Gasteiger partial charge is 0.305 e. The molecule has 1 aromatic rings. The Balaban J connectivity index is 2.20. The molecule has 18 heavy (non-hydrogen) atoms. The number of hydrogen-bond donors (Lipinski definition) is 1. The minimum atomic E-state index is -0.123. The summed E-state index contributed by atoms with van der Waals surface area (Å²) in [5.41, 5.74) is 2.41. The normalized spacial score (nSPS) is 10.4. The summed E-state index contributed by atoms with van der Waals surface area (Å²) < 4.78 is 4.86. The lowest BCUT2D eigenvalue weighted by Crippen LogP contribution is -2.17. The van der Waals surface area contributed by atoms with E-state index in [1.165, 1.54) is 11.1 Å². The van der Waals surface area contributed by atoms with Crippen molar-refractivity contribution < 1.29 is 9.53 Å². The number of ether oxygens (including phenoxy) is 1. The van der Waals surface area contributed by atoms with E-state index in [1.54, 1.807) is 0 Å². The Morgan fingerprint density at radius 3 is 2.89 bits per heavy atom. The predicted octanol–water partition coefficient (Wildman–Crippen LogP) is 3.08. The summed E-state index contributed by atoms with van der Waals surface area (Å²) in [4.78, 5) is 11.1. The van der Waals surface area contributed by atoms with Gasteiger partial charge in [-0.15, -0.1) is 0 Å². The van der Waals surface area contributed by atoms with Gasteiger partial charge in [-0.1, -0.05) is 17.7 Å². The second-order valence-electron chi connectivity index (χ2n) is 4.16. The van der Waals surface area contributed by atoms with Gasteiger partial charge in [-0.25, -0.2) is 0 Å². The van der Waals surface area contributed by atoms with Gasteiger partial charge in [0.15, 0.2) is 0 Å². The molecule has 3 nitrogen and oxygen atoms in total. The second-order valence-corrected chi connectivity index (χ2v) is 4.59. The van der Waals surface area contributed by atoms with Gasteiger partial charge in [-0.2, -0.15) is 0 Å². The Hall–Kier alpha value is -1.06. The summed E-state index contributed by atoms with van der Waals surface area (Å²) in [6.45, 7) is 5.92. The van der Waals surface area contributed by atoms with Gasteiger partial charge in [0.2, 0.25) is 0 Å².